The molecule has 1 aromatic carbocycles. The Morgan fingerprint density at radius 3 is 2.12 bits per heavy atom. The lowest BCUT2D eigenvalue weighted by Crippen LogP contribution is -2.26. The minimum atomic E-state index is -0.317. The lowest BCUT2D eigenvalue weighted by atomic mass is 10.1. The molecule has 0 bridgehead atoms. The van der Waals surface area contributed by atoms with Crippen molar-refractivity contribution in [1.82, 2.24) is 5.32 Å². The van der Waals surface area contributed by atoms with Crippen LogP contribution in [0.15, 0.2) is 12.1 Å². The van der Waals surface area contributed by atoms with Gasteiger partial charge in [-0.05, 0) is 31.0 Å². The highest BCUT2D eigenvalue weighted by atomic mass is 16.5. The standard InChI is InChI=1S/C17H25NO6/c1-5-24-16(20)8-9-18-15(19)7-6-12-10-13(21-2)17(23-4)14(11-12)22-3/h10-11H,5-9H2,1-4H3,(H,18,19). The minimum Gasteiger partial charge on any atom is -0.493 e. The molecule has 0 atom stereocenters. The SMILES string of the molecule is CCOC(=O)CCNC(=O)CCc1cc(OC)c(OC)c(OC)c1. The van der Waals surface area contributed by atoms with Crippen LogP contribution in [0.4, 0.5) is 0 Å². The lowest BCUT2D eigenvalue weighted by Gasteiger charge is -2.14. The fraction of sp³-hybridized carbons (Fsp3) is 0.529. The molecule has 0 aliphatic rings. The van der Waals surface area contributed by atoms with Crippen LogP contribution in [0.5, 0.6) is 17.2 Å². The Bertz CT molecular complexity index is 533. The van der Waals surface area contributed by atoms with Gasteiger partial charge in [0.15, 0.2) is 11.5 Å². The molecule has 7 nitrogen and oxygen atoms in total. The molecule has 1 aromatic rings. The summed E-state index contributed by atoms with van der Waals surface area (Å²) in [7, 11) is 4.63. The number of nitrogens with one attached hydrogen (secondary N) is 1. The van der Waals surface area contributed by atoms with Gasteiger partial charge in [0, 0.05) is 13.0 Å². The van der Waals surface area contributed by atoms with Crippen molar-refractivity contribution in [2.75, 3.05) is 34.5 Å². The molecule has 0 aliphatic carbocycles. The average molecular weight is 339 g/mol. The van der Waals surface area contributed by atoms with Crippen LogP contribution in [0.3, 0.4) is 0 Å². The van der Waals surface area contributed by atoms with Crippen molar-refractivity contribution in [3.8, 4) is 17.2 Å². The first-order chi connectivity index (χ1) is 11.5. The van der Waals surface area contributed by atoms with E-state index in [0.717, 1.165) is 5.56 Å². The predicted molar refractivity (Wildman–Crippen MR) is 88.7 cm³/mol. The number of hydrogen-bond acceptors (Lipinski definition) is 6. The normalized spacial score (nSPS) is 10.0. The molecule has 134 valence electrons. The number of esters is 1. The molecule has 0 fully saturated rings. The van der Waals surface area contributed by atoms with Crippen molar-refractivity contribution in [1.29, 1.82) is 0 Å². The second-order valence-corrected chi connectivity index (χ2v) is 4.94. The number of rotatable bonds is 10. The summed E-state index contributed by atoms with van der Waals surface area (Å²) in [4.78, 5) is 23.0. The highest BCUT2D eigenvalue weighted by molar-refractivity contribution is 5.77. The molecule has 0 spiro atoms. The van der Waals surface area contributed by atoms with Gasteiger partial charge >= 0.3 is 5.97 Å². The van der Waals surface area contributed by atoms with E-state index in [1.807, 2.05) is 12.1 Å². The number of ether oxygens (including phenoxy) is 4. The maximum atomic E-state index is 11.8. The van der Waals surface area contributed by atoms with Crippen molar-refractivity contribution < 1.29 is 28.5 Å². The molecule has 7 heteroatoms. The first-order valence-corrected chi connectivity index (χ1v) is 7.76. The molecular weight excluding hydrogens is 314 g/mol. The number of carbonyl (C=O) groups is 2. The summed E-state index contributed by atoms with van der Waals surface area (Å²) in [5, 5.41) is 2.70. The Morgan fingerprint density at radius 2 is 1.62 bits per heavy atom. The Labute approximate surface area is 142 Å². The first kappa shape index (κ1) is 19.6. The summed E-state index contributed by atoms with van der Waals surface area (Å²) in [6.07, 6.45) is 0.979. The smallest absolute Gasteiger partial charge is 0.307 e. The second kappa shape index (κ2) is 10.4. The van der Waals surface area contributed by atoms with Crippen LogP contribution in [-0.2, 0) is 20.7 Å². The molecule has 0 aliphatic heterocycles. The Balaban J connectivity index is 2.54. The van der Waals surface area contributed by atoms with Gasteiger partial charge in [0.05, 0.1) is 34.4 Å². The summed E-state index contributed by atoms with van der Waals surface area (Å²) in [5.41, 5.74) is 0.894. The molecular formula is C17H25NO6. The number of benzene rings is 1. The summed E-state index contributed by atoms with van der Waals surface area (Å²) < 4.78 is 20.6. The fourth-order valence-corrected chi connectivity index (χ4v) is 2.16. The zero-order chi connectivity index (χ0) is 17.9. The molecule has 0 unspecified atom stereocenters. The van der Waals surface area contributed by atoms with Gasteiger partial charge in [-0.1, -0.05) is 0 Å². The quantitative estimate of drug-likeness (QED) is 0.654. The van der Waals surface area contributed by atoms with E-state index in [2.05, 4.69) is 5.32 Å². The third kappa shape index (κ3) is 5.98. The lowest BCUT2D eigenvalue weighted by molar-refractivity contribution is -0.143. The first-order valence-electron chi connectivity index (χ1n) is 7.76. The maximum absolute atomic E-state index is 11.8. The zero-order valence-electron chi connectivity index (χ0n) is 14.6. The zero-order valence-corrected chi connectivity index (χ0v) is 14.6. The van der Waals surface area contributed by atoms with Gasteiger partial charge in [0.25, 0.3) is 0 Å². The Kier molecular flexibility index (Phi) is 8.46. The van der Waals surface area contributed by atoms with E-state index < -0.39 is 0 Å². The molecule has 0 aromatic heterocycles. The molecule has 1 rings (SSSR count). The predicted octanol–water partition coefficient (Wildman–Crippen LogP) is 1.71. The van der Waals surface area contributed by atoms with Crippen molar-refractivity contribution in [2.24, 2.45) is 0 Å². The van der Waals surface area contributed by atoms with E-state index in [-0.39, 0.29) is 24.8 Å². The van der Waals surface area contributed by atoms with Gasteiger partial charge in [0.1, 0.15) is 0 Å². The van der Waals surface area contributed by atoms with Crippen molar-refractivity contribution in [3.05, 3.63) is 17.7 Å². The maximum Gasteiger partial charge on any atom is 0.307 e. The monoisotopic (exact) mass is 339 g/mol. The van der Waals surface area contributed by atoms with Crippen LogP contribution in [0.2, 0.25) is 0 Å². The van der Waals surface area contributed by atoms with E-state index in [1.165, 1.54) is 7.11 Å². The molecule has 0 radical (unpaired) electrons. The Morgan fingerprint density at radius 1 is 1.00 bits per heavy atom. The van der Waals surface area contributed by atoms with Crippen LogP contribution in [-0.4, -0.2) is 46.4 Å². The molecule has 1 N–H and O–H groups in total. The highest BCUT2D eigenvalue weighted by Gasteiger charge is 2.14. The minimum absolute atomic E-state index is 0.131. The Hall–Kier alpha value is -2.44. The summed E-state index contributed by atoms with van der Waals surface area (Å²) in [6, 6.07) is 3.63. The van der Waals surface area contributed by atoms with Gasteiger partial charge in [0.2, 0.25) is 11.7 Å². The van der Waals surface area contributed by atoms with Crippen molar-refractivity contribution in [2.45, 2.75) is 26.2 Å². The van der Waals surface area contributed by atoms with Crippen LogP contribution in [0, 0.1) is 0 Å². The fourth-order valence-electron chi connectivity index (χ4n) is 2.16. The van der Waals surface area contributed by atoms with E-state index in [0.29, 0.717) is 36.7 Å². The third-order valence-corrected chi connectivity index (χ3v) is 3.32. The number of hydrogen-bond donors (Lipinski definition) is 1. The summed E-state index contributed by atoms with van der Waals surface area (Å²) >= 11 is 0. The van der Waals surface area contributed by atoms with Crippen LogP contribution < -0.4 is 19.5 Å². The molecule has 0 heterocycles. The van der Waals surface area contributed by atoms with Gasteiger partial charge in [-0.25, -0.2) is 0 Å². The summed E-state index contributed by atoms with van der Waals surface area (Å²) in [6.45, 7) is 2.36. The van der Waals surface area contributed by atoms with E-state index >= 15 is 0 Å². The van der Waals surface area contributed by atoms with Crippen molar-refractivity contribution >= 4 is 11.9 Å². The summed E-state index contributed by atoms with van der Waals surface area (Å²) in [5.74, 6) is 1.17. The van der Waals surface area contributed by atoms with Crippen LogP contribution in [0.1, 0.15) is 25.3 Å². The van der Waals surface area contributed by atoms with Crippen LogP contribution >= 0.6 is 0 Å². The number of carbonyl (C=O) groups excluding carboxylic acids is 2. The molecule has 1 amide bonds. The van der Waals surface area contributed by atoms with Gasteiger partial charge in [-0.2, -0.15) is 0 Å². The number of amides is 1. The third-order valence-electron chi connectivity index (χ3n) is 3.32. The van der Waals surface area contributed by atoms with Gasteiger partial charge in [-0.15, -0.1) is 0 Å². The van der Waals surface area contributed by atoms with E-state index in [9.17, 15) is 9.59 Å². The van der Waals surface area contributed by atoms with Crippen LogP contribution in [0.25, 0.3) is 0 Å². The van der Waals surface area contributed by atoms with E-state index in [1.54, 1.807) is 21.1 Å². The number of methoxy groups -OCH3 is 3. The molecule has 24 heavy (non-hydrogen) atoms. The average Bonchev–Trinajstić information content (AvgIpc) is 2.59. The topological polar surface area (TPSA) is 83.1 Å². The van der Waals surface area contributed by atoms with Crippen molar-refractivity contribution in [3.63, 3.8) is 0 Å². The van der Waals surface area contributed by atoms with E-state index in [4.69, 9.17) is 18.9 Å². The molecule has 0 saturated carbocycles. The highest BCUT2D eigenvalue weighted by Crippen LogP contribution is 2.38. The second-order valence-electron chi connectivity index (χ2n) is 4.94. The van der Waals surface area contributed by atoms with Gasteiger partial charge in [-0.3, -0.25) is 9.59 Å². The molecule has 0 saturated heterocycles. The largest absolute Gasteiger partial charge is 0.493 e. The number of aryl methyl sites for hydroxylation is 1. The van der Waals surface area contributed by atoms with Gasteiger partial charge < -0.3 is 24.3 Å².